The normalized spacial score (nSPS) is 44.0. The number of hydrogen-bond donors (Lipinski definition) is 0. The summed E-state index contributed by atoms with van der Waals surface area (Å²) in [7, 11) is 0. The van der Waals surface area contributed by atoms with Crippen LogP contribution < -0.4 is 0 Å². The van der Waals surface area contributed by atoms with Gasteiger partial charge in [-0.05, 0) is 81.0 Å². The minimum absolute atomic E-state index is 0.396. The molecule has 1 unspecified atom stereocenters. The summed E-state index contributed by atoms with van der Waals surface area (Å²) in [5.74, 6) is 5.37. The van der Waals surface area contributed by atoms with Crippen LogP contribution in [0.3, 0.4) is 0 Å². The number of carbonyl (C=O) groups excluding carboxylic acids is 1. The van der Waals surface area contributed by atoms with Gasteiger partial charge in [0.15, 0.2) is 0 Å². The van der Waals surface area contributed by atoms with Gasteiger partial charge in [-0.15, -0.1) is 0 Å². The second-order valence-electron chi connectivity index (χ2n) is 8.37. The molecule has 0 radical (unpaired) electrons. The maximum absolute atomic E-state index is 11.0. The molecule has 0 aliphatic heterocycles. The Balaban J connectivity index is 1.48. The van der Waals surface area contributed by atoms with Crippen LogP contribution in [0.25, 0.3) is 0 Å². The Labute approximate surface area is 131 Å². The number of fused-ring (bicyclic) bond motifs is 1. The highest BCUT2D eigenvalue weighted by Crippen LogP contribution is 2.48. The number of aldehydes is 1. The van der Waals surface area contributed by atoms with Gasteiger partial charge in [-0.3, -0.25) is 0 Å². The van der Waals surface area contributed by atoms with Crippen LogP contribution in [-0.2, 0) is 4.79 Å². The van der Waals surface area contributed by atoms with Crippen molar-refractivity contribution in [2.24, 2.45) is 35.5 Å². The molecule has 0 aromatic rings. The number of hydrogen-bond acceptors (Lipinski definition) is 1. The van der Waals surface area contributed by atoms with E-state index < -0.39 is 0 Å². The fraction of sp³-hybridized carbons (Fsp3) is 0.950. The summed E-state index contributed by atoms with van der Waals surface area (Å²) in [5.41, 5.74) is 0. The van der Waals surface area contributed by atoms with Crippen LogP contribution in [-0.4, -0.2) is 6.29 Å². The van der Waals surface area contributed by atoms with Crippen molar-refractivity contribution in [3.8, 4) is 0 Å². The van der Waals surface area contributed by atoms with Crippen LogP contribution in [0, 0.1) is 35.5 Å². The molecule has 0 heterocycles. The fourth-order valence-corrected chi connectivity index (χ4v) is 5.87. The summed E-state index contributed by atoms with van der Waals surface area (Å²) in [5, 5.41) is 0. The van der Waals surface area contributed by atoms with Gasteiger partial charge in [-0.1, -0.05) is 32.6 Å². The highest BCUT2D eigenvalue weighted by Gasteiger charge is 2.38. The topological polar surface area (TPSA) is 17.1 Å². The van der Waals surface area contributed by atoms with Crippen LogP contribution in [0.2, 0.25) is 0 Å². The van der Waals surface area contributed by atoms with Gasteiger partial charge in [0.05, 0.1) is 0 Å². The first-order chi connectivity index (χ1) is 10.3. The van der Waals surface area contributed by atoms with Gasteiger partial charge >= 0.3 is 0 Å². The predicted molar refractivity (Wildman–Crippen MR) is 88.1 cm³/mol. The van der Waals surface area contributed by atoms with E-state index in [0.29, 0.717) is 5.92 Å². The zero-order valence-corrected chi connectivity index (χ0v) is 13.9. The standard InChI is InChI=1S/C20H34O/c1-2-3-15-4-7-17(8-5-15)19-11-10-18-12-16(14-21)6-9-20(18)13-19/h14-20H,2-13H2,1H3/t15?,16-,17?,18-,19?,20-/m1/s1. The Morgan fingerprint density at radius 3 is 2.00 bits per heavy atom. The zero-order valence-electron chi connectivity index (χ0n) is 13.9. The minimum atomic E-state index is 0.396. The van der Waals surface area contributed by atoms with Crippen LogP contribution in [0.1, 0.15) is 84.0 Å². The van der Waals surface area contributed by atoms with Crippen molar-refractivity contribution in [3.05, 3.63) is 0 Å². The van der Waals surface area contributed by atoms with E-state index >= 15 is 0 Å². The SMILES string of the molecule is CCCC1CCC(C2CC[C@@H]3C[C@H](C=O)CC[C@@H]3C2)CC1. The molecule has 1 heteroatoms. The molecule has 0 saturated heterocycles. The predicted octanol–water partition coefficient (Wildman–Crippen LogP) is 5.62. The van der Waals surface area contributed by atoms with Crippen molar-refractivity contribution >= 4 is 6.29 Å². The molecule has 120 valence electrons. The molecule has 0 amide bonds. The molecule has 0 bridgehead atoms. The Bertz CT molecular complexity index is 329. The van der Waals surface area contributed by atoms with Crippen molar-refractivity contribution in [2.75, 3.05) is 0 Å². The highest BCUT2D eigenvalue weighted by molar-refractivity contribution is 5.53. The zero-order chi connectivity index (χ0) is 14.7. The first-order valence-electron chi connectivity index (χ1n) is 9.75. The van der Waals surface area contributed by atoms with Crippen molar-refractivity contribution in [2.45, 2.75) is 84.0 Å². The van der Waals surface area contributed by atoms with Crippen molar-refractivity contribution in [1.82, 2.24) is 0 Å². The third-order valence-corrected chi connectivity index (χ3v) is 7.14. The van der Waals surface area contributed by atoms with Crippen molar-refractivity contribution < 1.29 is 4.79 Å². The van der Waals surface area contributed by atoms with Crippen LogP contribution >= 0.6 is 0 Å². The summed E-state index contributed by atoms with van der Waals surface area (Å²) in [6.07, 6.45) is 18.3. The van der Waals surface area contributed by atoms with E-state index in [9.17, 15) is 4.79 Å². The van der Waals surface area contributed by atoms with Crippen molar-refractivity contribution in [3.63, 3.8) is 0 Å². The molecule has 3 aliphatic carbocycles. The van der Waals surface area contributed by atoms with E-state index in [4.69, 9.17) is 0 Å². The van der Waals surface area contributed by atoms with Gasteiger partial charge in [-0.25, -0.2) is 0 Å². The van der Waals surface area contributed by atoms with E-state index in [2.05, 4.69) is 6.92 Å². The molecule has 21 heavy (non-hydrogen) atoms. The van der Waals surface area contributed by atoms with Crippen molar-refractivity contribution in [1.29, 1.82) is 0 Å². The van der Waals surface area contributed by atoms with Crippen LogP contribution in [0.5, 0.6) is 0 Å². The molecule has 0 N–H and O–H groups in total. The maximum Gasteiger partial charge on any atom is 0.123 e. The Hall–Kier alpha value is -0.330. The summed E-state index contributed by atoms with van der Waals surface area (Å²) >= 11 is 0. The molecule has 1 nitrogen and oxygen atoms in total. The van der Waals surface area contributed by atoms with Gasteiger partial charge in [0.2, 0.25) is 0 Å². The summed E-state index contributed by atoms with van der Waals surface area (Å²) in [6.45, 7) is 2.34. The van der Waals surface area contributed by atoms with Gasteiger partial charge in [0, 0.05) is 5.92 Å². The highest BCUT2D eigenvalue weighted by atomic mass is 16.1. The largest absolute Gasteiger partial charge is 0.303 e. The van der Waals surface area contributed by atoms with Crippen LogP contribution in [0.4, 0.5) is 0 Å². The lowest BCUT2D eigenvalue weighted by molar-refractivity contribution is -0.113. The first-order valence-corrected chi connectivity index (χ1v) is 9.75. The van der Waals surface area contributed by atoms with Gasteiger partial charge in [0.1, 0.15) is 6.29 Å². The Morgan fingerprint density at radius 2 is 1.33 bits per heavy atom. The smallest absolute Gasteiger partial charge is 0.123 e. The van der Waals surface area contributed by atoms with E-state index in [1.165, 1.54) is 83.3 Å². The second-order valence-corrected chi connectivity index (χ2v) is 8.37. The summed E-state index contributed by atoms with van der Waals surface area (Å²) in [6, 6.07) is 0. The molecule has 0 aromatic heterocycles. The van der Waals surface area contributed by atoms with E-state index in [1.807, 2.05) is 0 Å². The summed E-state index contributed by atoms with van der Waals surface area (Å²) in [4.78, 5) is 11.0. The lowest BCUT2D eigenvalue weighted by atomic mass is 9.61. The average Bonchev–Trinajstić information content (AvgIpc) is 2.55. The number of rotatable bonds is 4. The lowest BCUT2D eigenvalue weighted by Gasteiger charge is -2.44. The molecule has 3 fully saturated rings. The quantitative estimate of drug-likeness (QED) is 0.614. The second kappa shape index (κ2) is 7.29. The van der Waals surface area contributed by atoms with Gasteiger partial charge in [0.25, 0.3) is 0 Å². The summed E-state index contributed by atoms with van der Waals surface area (Å²) < 4.78 is 0. The third kappa shape index (κ3) is 3.71. The molecule has 0 spiro atoms. The van der Waals surface area contributed by atoms with Crippen LogP contribution in [0.15, 0.2) is 0 Å². The fourth-order valence-electron chi connectivity index (χ4n) is 5.87. The third-order valence-electron chi connectivity index (χ3n) is 7.14. The molecule has 3 aliphatic rings. The Morgan fingerprint density at radius 1 is 0.762 bits per heavy atom. The minimum Gasteiger partial charge on any atom is -0.303 e. The van der Waals surface area contributed by atoms with Gasteiger partial charge < -0.3 is 4.79 Å². The number of carbonyl (C=O) groups is 1. The molecule has 0 aromatic carbocycles. The Kier molecular flexibility index (Phi) is 5.40. The lowest BCUT2D eigenvalue weighted by Crippen LogP contribution is -2.34. The van der Waals surface area contributed by atoms with E-state index in [1.54, 1.807) is 0 Å². The first kappa shape index (κ1) is 15.6. The maximum atomic E-state index is 11.0. The molecular weight excluding hydrogens is 256 g/mol. The van der Waals surface area contributed by atoms with E-state index in [-0.39, 0.29) is 0 Å². The molecule has 4 atom stereocenters. The van der Waals surface area contributed by atoms with E-state index in [0.717, 1.165) is 29.6 Å². The molecule has 3 rings (SSSR count). The average molecular weight is 290 g/mol. The molecule has 3 saturated carbocycles. The van der Waals surface area contributed by atoms with Gasteiger partial charge in [-0.2, -0.15) is 0 Å². The molecular formula is C20H34O. The monoisotopic (exact) mass is 290 g/mol.